The molecule has 0 spiro atoms. The lowest BCUT2D eigenvalue weighted by atomic mass is 9.93. The van der Waals surface area contributed by atoms with Crippen molar-refractivity contribution in [2.45, 2.75) is 41.5 Å². The van der Waals surface area contributed by atoms with Gasteiger partial charge in [0.2, 0.25) is 0 Å². The SMILES string of the molecule is CC(C)(C)c1nc(Sc2nnc(CO)s2)sc1Br.c1csnn1. The van der Waals surface area contributed by atoms with E-state index in [9.17, 15) is 0 Å². The van der Waals surface area contributed by atoms with E-state index in [0.29, 0.717) is 5.01 Å². The lowest BCUT2D eigenvalue weighted by molar-refractivity contribution is 0.280. The van der Waals surface area contributed by atoms with Crippen molar-refractivity contribution >= 4 is 61.9 Å². The molecule has 0 aliphatic heterocycles. The van der Waals surface area contributed by atoms with E-state index in [1.54, 1.807) is 17.5 Å². The van der Waals surface area contributed by atoms with Crippen molar-refractivity contribution in [3.63, 3.8) is 0 Å². The van der Waals surface area contributed by atoms with Crippen LogP contribution in [0.3, 0.4) is 0 Å². The zero-order valence-electron chi connectivity index (χ0n) is 12.6. The molecule has 0 saturated carbocycles. The van der Waals surface area contributed by atoms with Gasteiger partial charge >= 0.3 is 0 Å². The van der Waals surface area contributed by atoms with Gasteiger partial charge in [0.15, 0.2) is 8.68 Å². The molecule has 0 amide bonds. The molecule has 0 fully saturated rings. The van der Waals surface area contributed by atoms with Gasteiger partial charge in [0.1, 0.15) is 5.01 Å². The number of aromatic nitrogens is 5. The van der Waals surface area contributed by atoms with Gasteiger partial charge in [-0.05, 0) is 39.2 Å². The van der Waals surface area contributed by atoms with Crippen molar-refractivity contribution in [1.29, 1.82) is 0 Å². The number of hydrogen-bond donors (Lipinski definition) is 1. The molecule has 124 valence electrons. The van der Waals surface area contributed by atoms with Gasteiger partial charge in [-0.3, -0.25) is 0 Å². The van der Waals surface area contributed by atoms with Crippen LogP contribution in [0, 0.1) is 0 Å². The molecule has 11 heteroatoms. The number of hydrogen-bond acceptors (Lipinski definition) is 10. The predicted octanol–water partition coefficient (Wildman–Crippen LogP) is 4.24. The Kier molecular flexibility index (Phi) is 7.04. The van der Waals surface area contributed by atoms with Crippen molar-refractivity contribution in [3.8, 4) is 0 Å². The van der Waals surface area contributed by atoms with Crippen LogP contribution in [-0.4, -0.2) is 29.9 Å². The summed E-state index contributed by atoms with van der Waals surface area (Å²) in [5.74, 6) is 0. The number of aliphatic hydroxyl groups excluding tert-OH is 1. The molecule has 0 atom stereocenters. The fourth-order valence-electron chi connectivity index (χ4n) is 1.34. The smallest absolute Gasteiger partial charge is 0.181 e. The van der Waals surface area contributed by atoms with Crippen LogP contribution in [0.2, 0.25) is 0 Å². The van der Waals surface area contributed by atoms with E-state index in [-0.39, 0.29) is 12.0 Å². The van der Waals surface area contributed by atoms with Crippen molar-refractivity contribution in [3.05, 3.63) is 26.1 Å². The molecule has 0 unspecified atom stereocenters. The van der Waals surface area contributed by atoms with Gasteiger partial charge in [-0.25, -0.2) is 4.98 Å². The Morgan fingerprint density at radius 1 is 1.22 bits per heavy atom. The molecule has 0 aliphatic rings. The van der Waals surface area contributed by atoms with Crippen LogP contribution < -0.4 is 0 Å². The highest BCUT2D eigenvalue weighted by atomic mass is 79.9. The minimum atomic E-state index is -0.0625. The third-order valence-electron chi connectivity index (χ3n) is 2.32. The first-order valence-corrected chi connectivity index (χ1v) is 10.5. The molecule has 3 rings (SSSR count). The maximum absolute atomic E-state index is 8.95. The summed E-state index contributed by atoms with van der Waals surface area (Å²) < 4.78 is 6.32. The van der Waals surface area contributed by atoms with E-state index in [4.69, 9.17) is 5.11 Å². The molecule has 0 aromatic carbocycles. The average Bonchev–Trinajstić information content (AvgIpc) is 3.20. The quantitative estimate of drug-likeness (QED) is 0.636. The van der Waals surface area contributed by atoms with Crippen molar-refractivity contribution in [2.75, 3.05) is 0 Å². The third kappa shape index (κ3) is 5.84. The second-order valence-electron chi connectivity index (χ2n) is 5.16. The summed E-state index contributed by atoms with van der Waals surface area (Å²) in [4.78, 5) is 4.62. The Hall–Kier alpha value is -0.460. The topological polar surface area (TPSA) is 84.7 Å². The summed E-state index contributed by atoms with van der Waals surface area (Å²) >= 11 is 9.38. The summed E-state index contributed by atoms with van der Waals surface area (Å²) in [7, 11) is 0. The van der Waals surface area contributed by atoms with Gasteiger partial charge in [-0.2, -0.15) is 0 Å². The van der Waals surface area contributed by atoms with Crippen molar-refractivity contribution in [2.24, 2.45) is 0 Å². The standard InChI is InChI=1S/C10H12BrN3OS3.C2H2N2S/c1-10(2,3)6-7(11)17-8(12-6)18-9-14-13-5(4-15)16-9;1-2-5-4-3-1/h15H,4H2,1-3H3;1-2H. The minimum absolute atomic E-state index is 0.0194. The number of rotatable bonds is 3. The first kappa shape index (κ1) is 18.9. The summed E-state index contributed by atoms with van der Waals surface area (Å²) in [6, 6.07) is 0. The average molecular weight is 452 g/mol. The largest absolute Gasteiger partial charge is 0.389 e. The van der Waals surface area contributed by atoms with Crippen molar-refractivity contribution < 1.29 is 5.11 Å². The van der Waals surface area contributed by atoms with Gasteiger partial charge in [0, 0.05) is 10.8 Å². The molecular weight excluding hydrogens is 438 g/mol. The van der Waals surface area contributed by atoms with Gasteiger partial charge in [-0.15, -0.1) is 15.3 Å². The highest BCUT2D eigenvalue weighted by Gasteiger charge is 2.22. The molecule has 0 saturated heterocycles. The van der Waals surface area contributed by atoms with Gasteiger partial charge in [0.25, 0.3) is 0 Å². The zero-order chi connectivity index (χ0) is 16.9. The van der Waals surface area contributed by atoms with Crippen LogP contribution in [0.5, 0.6) is 0 Å². The molecule has 1 N–H and O–H groups in total. The fourth-order valence-corrected chi connectivity index (χ4v) is 6.12. The van der Waals surface area contributed by atoms with E-state index in [1.165, 1.54) is 34.6 Å². The van der Waals surface area contributed by atoms with Crippen LogP contribution in [0.4, 0.5) is 0 Å². The Labute approximate surface area is 158 Å². The first-order chi connectivity index (χ1) is 10.9. The second-order valence-corrected chi connectivity index (χ2v) is 10.7. The van der Waals surface area contributed by atoms with Gasteiger partial charge < -0.3 is 5.11 Å². The van der Waals surface area contributed by atoms with Gasteiger partial charge in [0.05, 0.1) is 22.3 Å². The van der Waals surface area contributed by atoms with Crippen LogP contribution >= 0.6 is 61.9 Å². The molecular formula is C12H14BrN5OS4. The maximum atomic E-state index is 8.95. The molecule has 6 nitrogen and oxygen atoms in total. The summed E-state index contributed by atoms with van der Waals surface area (Å²) in [5, 5.41) is 22.8. The molecule has 0 aliphatic carbocycles. The van der Waals surface area contributed by atoms with Crippen LogP contribution in [0.1, 0.15) is 31.5 Å². The Bertz CT molecular complexity index is 705. The van der Waals surface area contributed by atoms with Gasteiger partial charge in [-0.1, -0.05) is 47.9 Å². The number of thiazole rings is 1. The number of halogens is 1. The zero-order valence-corrected chi connectivity index (χ0v) is 17.4. The van der Waals surface area contributed by atoms with Crippen LogP contribution in [0.15, 0.2) is 24.0 Å². The summed E-state index contributed by atoms with van der Waals surface area (Å²) in [6.07, 6.45) is 1.66. The molecule has 3 aromatic rings. The first-order valence-electron chi connectivity index (χ1n) is 6.39. The highest BCUT2D eigenvalue weighted by molar-refractivity contribution is 9.11. The van der Waals surface area contributed by atoms with Crippen LogP contribution in [-0.2, 0) is 12.0 Å². The van der Waals surface area contributed by atoms with Crippen molar-refractivity contribution in [1.82, 2.24) is 24.8 Å². The van der Waals surface area contributed by atoms with E-state index in [1.807, 2.05) is 5.38 Å². The second kappa shape index (κ2) is 8.58. The molecule has 23 heavy (non-hydrogen) atoms. The minimum Gasteiger partial charge on any atom is -0.389 e. The normalized spacial score (nSPS) is 11.2. The lowest BCUT2D eigenvalue weighted by Gasteiger charge is -2.15. The number of aliphatic hydroxyl groups is 1. The third-order valence-corrected chi connectivity index (χ3v) is 6.47. The summed E-state index contributed by atoms with van der Waals surface area (Å²) in [6.45, 7) is 6.34. The predicted molar refractivity (Wildman–Crippen MR) is 98.4 cm³/mol. The lowest BCUT2D eigenvalue weighted by Crippen LogP contribution is -2.12. The molecule has 3 heterocycles. The molecule has 3 aromatic heterocycles. The summed E-state index contributed by atoms with van der Waals surface area (Å²) in [5.41, 5.74) is 1.08. The fraction of sp³-hybridized carbons (Fsp3) is 0.417. The van der Waals surface area contributed by atoms with E-state index in [0.717, 1.165) is 18.2 Å². The Morgan fingerprint density at radius 2 is 2.00 bits per heavy atom. The van der Waals surface area contributed by atoms with Crippen LogP contribution in [0.25, 0.3) is 0 Å². The highest BCUT2D eigenvalue weighted by Crippen LogP contribution is 2.40. The van der Waals surface area contributed by atoms with E-state index >= 15 is 0 Å². The monoisotopic (exact) mass is 451 g/mol. The van der Waals surface area contributed by atoms with E-state index in [2.05, 4.69) is 61.5 Å². The Balaban J connectivity index is 0.000000326. The molecule has 0 bridgehead atoms. The molecule has 0 radical (unpaired) electrons. The maximum Gasteiger partial charge on any atom is 0.181 e. The number of nitrogens with zero attached hydrogens (tertiary/aromatic N) is 5. The Morgan fingerprint density at radius 3 is 2.43 bits per heavy atom. The van der Waals surface area contributed by atoms with E-state index < -0.39 is 0 Å².